The Hall–Kier alpha value is -3.43. The van der Waals surface area contributed by atoms with Crippen LogP contribution in [0.25, 0.3) is 11.1 Å². The highest BCUT2D eigenvalue weighted by Crippen LogP contribution is 2.25. The van der Waals surface area contributed by atoms with Gasteiger partial charge in [-0.2, -0.15) is 10.5 Å². The van der Waals surface area contributed by atoms with Crippen molar-refractivity contribution < 1.29 is 22.3 Å². The molecule has 9 heteroatoms. The summed E-state index contributed by atoms with van der Waals surface area (Å²) in [5.74, 6) is -0.615. The van der Waals surface area contributed by atoms with Gasteiger partial charge in [0.15, 0.2) is 10.7 Å². The van der Waals surface area contributed by atoms with Gasteiger partial charge >= 0.3 is 6.09 Å². The number of thiol groups is 1. The van der Waals surface area contributed by atoms with Crippen molar-refractivity contribution >= 4 is 16.8 Å². The van der Waals surface area contributed by atoms with E-state index in [0.29, 0.717) is 11.1 Å². The Kier molecular flexibility index (Phi) is 7.14. The minimum Gasteiger partial charge on any atom is -0.444 e. The van der Waals surface area contributed by atoms with Crippen molar-refractivity contribution in [2.75, 3.05) is 0 Å². The number of hydrogen-bond acceptors (Lipinski definition) is 6. The predicted octanol–water partition coefficient (Wildman–Crippen LogP) is 3.29. The highest BCUT2D eigenvalue weighted by atomic mass is 32.2. The van der Waals surface area contributed by atoms with Crippen molar-refractivity contribution in [3.8, 4) is 23.3 Å². The molecule has 0 saturated carbocycles. The lowest BCUT2D eigenvalue weighted by Crippen LogP contribution is -2.39. The van der Waals surface area contributed by atoms with E-state index in [4.69, 9.17) is 10.00 Å². The largest absolute Gasteiger partial charge is 0.444 e. The topological polar surface area (TPSA) is 120 Å². The SMILES string of the molecule is CC(C)(C)OC(=O)N[C@H](C#N)Cc1ccc(-c2ccc(C#N)c([SH](=O)=O)c2)cc1F. The molecule has 1 amide bonds. The van der Waals surface area contributed by atoms with E-state index in [9.17, 15) is 22.9 Å². The predicted molar refractivity (Wildman–Crippen MR) is 108 cm³/mol. The molecule has 0 unspecified atom stereocenters. The second-order valence-corrected chi connectivity index (χ2v) is 8.44. The molecule has 0 aliphatic heterocycles. The van der Waals surface area contributed by atoms with Gasteiger partial charge in [0.05, 0.1) is 16.5 Å². The summed E-state index contributed by atoms with van der Waals surface area (Å²) in [5, 5.41) is 20.7. The zero-order valence-corrected chi connectivity index (χ0v) is 17.5. The third-order valence-corrected chi connectivity index (χ3v) is 4.74. The Morgan fingerprint density at radius 1 is 1.17 bits per heavy atom. The third-order valence-electron chi connectivity index (χ3n) is 3.97. The molecule has 2 aromatic rings. The molecule has 2 rings (SSSR count). The molecule has 0 spiro atoms. The molecule has 0 saturated heterocycles. The fourth-order valence-corrected chi connectivity index (χ4v) is 3.21. The van der Waals surface area contributed by atoms with Crippen molar-refractivity contribution in [2.45, 2.75) is 43.7 Å². The lowest BCUT2D eigenvalue weighted by Gasteiger charge is -2.21. The molecule has 2 aromatic carbocycles. The Balaban J connectivity index is 2.23. The van der Waals surface area contributed by atoms with Crippen LogP contribution in [0.15, 0.2) is 41.3 Å². The van der Waals surface area contributed by atoms with Gasteiger partial charge in [0.1, 0.15) is 23.5 Å². The van der Waals surface area contributed by atoms with E-state index in [-0.39, 0.29) is 22.4 Å². The van der Waals surface area contributed by atoms with Gasteiger partial charge in [-0.15, -0.1) is 0 Å². The molecule has 0 aliphatic carbocycles. The smallest absolute Gasteiger partial charge is 0.408 e. The number of carbonyl (C=O) groups is 1. The molecule has 0 fully saturated rings. The molecule has 1 atom stereocenters. The molecule has 156 valence electrons. The minimum atomic E-state index is -2.98. The fourth-order valence-electron chi connectivity index (χ4n) is 2.65. The van der Waals surface area contributed by atoms with E-state index < -0.39 is 34.3 Å². The highest BCUT2D eigenvalue weighted by Gasteiger charge is 2.20. The van der Waals surface area contributed by atoms with Crippen molar-refractivity contribution in [2.24, 2.45) is 0 Å². The zero-order valence-electron chi connectivity index (χ0n) is 16.6. The first kappa shape index (κ1) is 22.9. The van der Waals surface area contributed by atoms with E-state index in [1.807, 2.05) is 6.07 Å². The summed E-state index contributed by atoms with van der Waals surface area (Å²) < 4.78 is 42.4. The van der Waals surface area contributed by atoms with Crippen LogP contribution < -0.4 is 5.32 Å². The van der Waals surface area contributed by atoms with Crippen LogP contribution in [0.5, 0.6) is 0 Å². The lowest BCUT2D eigenvalue weighted by atomic mass is 9.99. The van der Waals surface area contributed by atoms with Gasteiger partial charge in [-0.1, -0.05) is 18.2 Å². The van der Waals surface area contributed by atoms with Crippen molar-refractivity contribution in [1.82, 2.24) is 5.32 Å². The number of carbonyl (C=O) groups excluding carboxylic acids is 1. The zero-order chi connectivity index (χ0) is 22.5. The number of rotatable bonds is 5. The summed E-state index contributed by atoms with van der Waals surface area (Å²) in [6.07, 6.45) is -0.852. The van der Waals surface area contributed by atoms with Crippen molar-refractivity contribution in [3.63, 3.8) is 0 Å². The van der Waals surface area contributed by atoms with Crippen LogP contribution in [0.4, 0.5) is 9.18 Å². The molecule has 1 N–H and O–H groups in total. The van der Waals surface area contributed by atoms with Crippen LogP contribution in [0.2, 0.25) is 0 Å². The van der Waals surface area contributed by atoms with E-state index in [1.54, 1.807) is 32.9 Å². The van der Waals surface area contributed by atoms with Crippen LogP contribution in [-0.4, -0.2) is 26.2 Å². The Morgan fingerprint density at radius 2 is 1.80 bits per heavy atom. The number of alkyl carbamates (subject to hydrolysis) is 1. The number of nitrogens with one attached hydrogen (secondary N) is 1. The van der Waals surface area contributed by atoms with Crippen LogP contribution in [0, 0.1) is 28.5 Å². The fraction of sp³-hybridized carbons (Fsp3) is 0.286. The molecular formula is C21H20FN3O4S. The van der Waals surface area contributed by atoms with E-state index in [2.05, 4.69) is 5.32 Å². The molecule has 0 bridgehead atoms. The number of benzene rings is 2. The normalized spacial score (nSPS) is 12.0. The first-order chi connectivity index (χ1) is 14.0. The van der Waals surface area contributed by atoms with Gasteiger partial charge in [-0.25, -0.2) is 17.6 Å². The Morgan fingerprint density at radius 3 is 2.33 bits per heavy atom. The molecule has 0 radical (unpaired) electrons. The number of halogens is 1. The standard InChI is InChI=1S/C21H20FN3O4S/c1-21(2,3)29-20(26)25-17(12-24)8-15-6-4-13(9-18(15)22)14-5-7-16(11-23)19(10-14)30(27)28/h4-7,9-10,17,30H,8H2,1-3H3,(H,25,26)/t17-/m0/s1. The average molecular weight is 429 g/mol. The maximum atomic E-state index is 14.6. The van der Waals surface area contributed by atoms with Crippen LogP contribution in [0.1, 0.15) is 31.9 Å². The molecule has 30 heavy (non-hydrogen) atoms. The lowest BCUT2D eigenvalue weighted by molar-refractivity contribution is 0.0515. The molecule has 0 aromatic heterocycles. The Bertz CT molecular complexity index is 1120. The third kappa shape index (κ3) is 6.03. The van der Waals surface area contributed by atoms with E-state index in [1.165, 1.54) is 30.3 Å². The second-order valence-electron chi connectivity index (χ2n) is 7.44. The minimum absolute atomic E-state index is 0.0111. The summed E-state index contributed by atoms with van der Waals surface area (Å²) in [7, 11) is -2.98. The summed E-state index contributed by atoms with van der Waals surface area (Å²) in [6, 6.07) is 11.1. The second kappa shape index (κ2) is 9.38. The molecule has 0 aliphatic rings. The number of ether oxygens (including phenoxy) is 1. The number of nitriles is 2. The van der Waals surface area contributed by atoms with E-state index in [0.717, 1.165) is 0 Å². The van der Waals surface area contributed by atoms with Gasteiger partial charge in [-0.3, -0.25) is 0 Å². The maximum absolute atomic E-state index is 14.6. The van der Waals surface area contributed by atoms with Crippen LogP contribution in [0.3, 0.4) is 0 Å². The van der Waals surface area contributed by atoms with Crippen LogP contribution in [-0.2, 0) is 21.9 Å². The molecule has 7 nitrogen and oxygen atoms in total. The quantitative estimate of drug-likeness (QED) is 0.704. The number of hydrogen-bond donors (Lipinski definition) is 2. The summed E-state index contributed by atoms with van der Waals surface area (Å²) in [5.41, 5.74) is 0.317. The van der Waals surface area contributed by atoms with Gasteiger partial charge < -0.3 is 10.1 Å². The van der Waals surface area contributed by atoms with Gasteiger partial charge in [-0.05, 0) is 55.7 Å². The van der Waals surface area contributed by atoms with Crippen LogP contribution >= 0.6 is 0 Å². The first-order valence-electron chi connectivity index (χ1n) is 8.90. The summed E-state index contributed by atoms with van der Waals surface area (Å²) >= 11 is 0. The van der Waals surface area contributed by atoms with Crippen molar-refractivity contribution in [1.29, 1.82) is 10.5 Å². The summed E-state index contributed by atoms with van der Waals surface area (Å²) in [6.45, 7) is 5.05. The monoisotopic (exact) mass is 429 g/mol. The first-order valence-corrected chi connectivity index (χ1v) is 10.1. The average Bonchev–Trinajstić information content (AvgIpc) is 2.66. The highest BCUT2D eigenvalue weighted by molar-refractivity contribution is 7.72. The number of amides is 1. The van der Waals surface area contributed by atoms with Gasteiger partial charge in [0.2, 0.25) is 0 Å². The van der Waals surface area contributed by atoms with Crippen molar-refractivity contribution in [3.05, 3.63) is 53.3 Å². The number of nitrogens with zero attached hydrogens (tertiary/aromatic N) is 2. The molecule has 0 heterocycles. The van der Waals surface area contributed by atoms with Gasteiger partial charge in [0, 0.05) is 6.42 Å². The Labute approximate surface area is 175 Å². The maximum Gasteiger partial charge on any atom is 0.408 e. The summed E-state index contributed by atoms with van der Waals surface area (Å²) in [4.78, 5) is 11.7. The molecular weight excluding hydrogens is 409 g/mol. The van der Waals surface area contributed by atoms with Gasteiger partial charge in [0.25, 0.3) is 0 Å². The van der Waals surface area contributed by atoms with E-state index >= 15 is 0 Å².